The molecule has 0 aliphatic heterocycles. The smallest absolute Gasteiger partial charge is 0.118 e. The topological polar surface area (TPSA) is 57.2 Å². The lowest BCUT2D eigenvalue weighted by atomic mass is 9.45. The van der Waals surface area contributed by atoms with Gasteiger partial charge >= 0.3 is 0 Å². The van der Waals surface area contributed by atoms with Crippen LogP contribution in [0.15, 0.2) is 158 Å². The van der Waals surface area contributed by atoms with Crippen LogP contribution < -0.4 is 18.9 Å². The van der Waals surface area contributed by atoms with E-state index in [1.54, 1.807) is 28.4 Å². The van der Waals surface area contributed by atoms with E-state index in [1.807, 2.05) is 91.9 Å². The molecule has 5 nitrogen and oxygen atoms in total. The van der Waals surface area contributed by atoms with E-state index < -0.39 is 21.7 Å². The van der Waals surface area contributed by atoms with Crippen molar-refractivity contribution in [2.24, 2.45) is 0 Å². The Balaban J connectivity index is 1.91. The zero-order valence-electron chi connectivity index (χ0n) is 29.6. The predicted octanol–water partition coefficient (Wildman–Crippen LogP) is 9.14. The van der Waals surface area contributed by atoms with Crippen LogP contribution in [0.2, 0.25) is 0 Å². The van der Waals surface area contributed by atoms with Crippen molar-refractivity contribution in [3.05, 3.63) is 191 Å². The Morgan fingerprint density at radius 3 is 0.804 bits per heavy atom. The zero-order chi connectivity index (χ0) is 36.1. The van der Waals surface area contributed by atoms with Crippen molar-refractivity contribution in [3.8, 4) is 23.0 Å². The van der Waals surface area contributed by atoms with Crippen molar-refractivity contribution in [1.82, 2.24) is 0 Å². The van der Waals surface area contributed by atoms with Crippen LogP contribution in [0.1, 0.15) is 40.3 Å². The minimum absolute atomic E-state index is 0.675. The number of rotatable bonds is 13. The van der Waals surface area contributed by atoms with Gasteiger partial charge in [0.15, 0.2) is 0 Å². The molecule has 6 rings (SSSR count). The molecule has 0 aliphatic rings. The van der Waals surface area contributed by atoms with E-state index in [0.717, 1.165) is 33.4 Å². The Kier molecular flexibility index (Phi) is 10.5. The molecule has 0 aliphatic carbocycles. The molecular weight excluding hydrogens is 653 g/mol. The van der Waals surface area contributed by atoms with Crippen LogP contribution in [0.25, 0.3) is 0 Å². The van der Waals surface area contributed by atoms with Crippen LogP contribution >= 0.6 is 12.6 Å². The van der Waals surface area contributed by atoms with Gasteiger partial charge < -0.3 is 24.1 Å². The van der Waals surface area contributed by atoms with Crippen molar-refractivity contribution >= 4 is 12.6 Å². The molecule has 51 heavy (non-hydrogen) atoms. The van der Waals surface area contributed by atoms with Crippen molar-refractivity contribution in [1.29, 1.82) is 0 Å². The molecule has 0 heterocycles. The van der Waals surface area contributed by atoms with E-state index in [2.05, 4.69) is 72.8 Å². The minimum atomic E-state index is -1.78. The molecule has 260 valence electrons. The Labute approximate surface area is 306 Å². The summed E-state index contributed by atoms with van der Waals surface area (Å²) in [6.07, 6.45) is 0. The molecule has 0 amide bonds. The Bertz CT molecular complexity index is 1750. The highest BCUT2D eigenvalue weighted by Gasteiger charge is 2.68. The van der Waals surface area contributed by atoms with Gasteiger partial charge in [-0.3, -0.25) is 0 Å². The Hall–Kier alpha value is -5.17. The normalized spacial score (nSPS) is 12.5. The molecule has 0 radical (unpaired) electrons. The molecule has 0 fully saturated rings. The van der Waals surface area contributed by atoms with Gasteiger partial charge in [0.1, 0.15) is 28.6 Å². The first kappa shape index (κ1) is 35.6. The second kappa shape index (κ2) is 15.0. The maximum absolute atomic E-state index is 14.9. The fourth-order valence-corrected chi connectivity index (χ4v) is 8.36. The van der Waals surface area contributed by atoms with Gasteiger partial charge in [-0.1, -0.05) is 116 Å². The van der Waals surface area contributed by atoms with Crippen molar-refractivity contribution < 1.29 is 24.1 Å². The first-order chi connectivity index (χ1) is 24.8. The monoisotopic (exact) mass is 696 g/mol. The van der Waals surface area contributed by atoms with E-state index in [4.69, 9.17) is 31.6 Å². The quantitative estimate of drug-likeness (QED) is 0.0932. The highest BCUT2D eigenvalue weighted by molar-refractivity contribution is 7.81. The maximum Gasteiger partial charge on any atom is 0.118 e. The van der Waals surface area contributed by atoms with E-state index >= 15 is 0 Å². The summed E-state index contributed by atoms with van der Waals surface area (Å²) < 4.78 is 22.6. The van der Waals surface area contributed by atoms with E-state index in [0.29, 0.717) is 23.0 Å². The molecule has 0 spiro atoms. The minimum Gasteiger partial charge on any atom is -0.497 e. The zero-order valence-corrected chi connectivity index (χ0v) is 30.5. The largest absolute Gasteiger partial charge is 0.497 e. The SMILES string of the molecule is COc1ccc(C(c2ccccc2)(c2ccc(OC)cc2)C(O)(C(C)S)C(c2ccccc2)(c2ccc(OC)cc2)c2ccc(OC)cc2)cc1. The standard InChI is InChI=1S/C45H44O5S/c1-32(51)45(46,43(33-12-8-6-9-13-33,35-16-24-39(47-2)25-17-35)36-18-26-40(48-3)27-19-36)44(34-14-10-7-11-15-34,37-20-28-41(49-4)29-21-37)38-22-30-42(50-5)31-23-38/h6-32,46,51H,1-5H3. The van der Waals surface area contributed by atoms with Crippen molar-refractivity contribution in [3.63, 3.8) is 0 Å². The van der Waals surface area contributed by atoms with Crippen LogP contribution in [-0.4, -0.2) is 44.4 Å². The van der Waals surface area contributed by atoms with Gasteiger partial charge in [-0.05, 0) is 81.9 Å². The van der Waals surface area contributed by atoms with Gasteiger partial charge in [-0.2, -0.15) is 12.6 Å². The maximum atomic E-state index is 14.9. The van der Waals surface area contributed by atoms with Gasteiger partial charge in [0.25, 0.3) is 0 Å². The van der Waals surface area contributed by atoms with Gasteiger partial charge in [0, 0.05) is 5.25 Å². The molecule has 0 saturated heterocycles. The summed E-state index contributed by atoms with van der Waals surface area (Å²) in [6, 6.07) is 52.4. The van der Waals surface area contributed by atoms with Crippen molar-refractivity contribution in [2.75, 3.05) is 28.4 Å². The number of benzene rings is 6. The third kappa shape index (κ3) is 5.82. The van der Waals surface area contributed by atoms with Crippen molar-refractivity contribution in [2.45, 2.75) is 28.6 Å². The number of aliphatic hydroxyl groups is 1. The second-order valence-electron chi connectivity index (χ2n) is 12.6. The number of thiol groups is 1. The molecular formula is C45H44O5S. The summed E-state index contributed by atoms with van der Waals surface area (Å²) >= 11 is 5.37. The molecule has 0 aromatic heterocycles. The number of methoxy groups -OCH3 is 4. The third-order valence-corrected chi connectivity index (χ3v) is 10.6. The van der Waals surface area contributed by atoms with Gasteiger partial charge in [-0.25, -0.2) is 0 Å². The summed E-state index contributed by atoms with van der Waals surface area (Å²) in [7, 11) is 6.62. The molecule has 1 N–H and O–H groups in total. The molecule has 6 aromatic carbocycles. The predicted molar refractivity (Wildman–Crippen MR) is 208 cm³/mol. The highest BCUT2D eigenvalue weighted by Crippen LogP contribution is 2.62. The first-order valence-corrected chi connectivity index (χ1v) is 17.4. The van der Waals surface area contributed by atoms with E-state index in [1.165, 1.54) is 0 Å². The Morgan fingerprint density at radius 1 is 0.392 bits per heavy atom. The lowest BCUT2D eigenvalue weighted by Crippen LogP contribution is -2.70. The summed E-state index contributed by atoms with van der Waals surface area (Å²) in [4.78, 5) is 0. The summed E-state index contributed by atoms with van der Waals surface area (Å²) in [6.45, 7) is 1.98. The van der Waals surface area contributed by atoms with E-state index in [-0.39, 0.29) is 0 Å². The van der Waals surface area contributed by atoms with Crippen LogP contribution in [0.5, 0.6) is 23.0 Å². The first-order valence-electron chi connectivity index (χ1n) is 16.9. The summed E-state index contributed by atoms with van der Waals surface area (Å²) in [5, 5.41) is 14.3. The molecule has 1 atom stereocenters. The molecule has 0 saturated carbocycles. The van der Waals surface area contributed by atoms with Gasteiger partial charge in [0.2, 0.25) is 0 Å². The van der Waals surface area contributed by atoms with Crippen LogP contribution in [0.3, 0.4) is 0 Å². The molecule has 0 bridgehead atoms. The lowest BCUT2D eigenvalue weighted by Gasteiger charge is -2.60. The average Bonchev–Trinajstić information content (AvgIpc) is 3.20. The lowest BCUT2D eigenvalue weighted by molar-refractivity contribution is -0.0497. The number of hydrogen-bond donors (Lipinski definition) is 2. The average molecular weight is 697 g/mol. The second-order valence-corrected chi connectivity index (χ2v) is 13.4. The van der Waals surface area contributed by atoms with Crippen LogP contribution in [0.4, 0.5) is 0 Å². The fourth-order valence-electron chi connectivity index (χ4n) is 7.97. The third-order valence-electron chi connectivity index (χ3n) is 10.3. The van der Waals surface area contributed by atoms with E-state index in [9.17, 15) is 5.11 Å². The highest BCUT2D eigenvalue weighted by atomic mass is 32.1. The van der Waals surface area contributed by atoms with Crippen LogP contribution in [0, 0.1) is 0 Å². The molecule has 6 aromatic rings. The molecule has 1 unspecified atom stereocenters. The molecule has 6 heteroatoms. The van der Waals surface area contributed by atoms with Crippen LogP contribution in [-0.2, 0) is 10.8 Å². The number of ether oxygens (including phenoxy) is 4. The summed E-state index contributed by atoms with van der Waals surface area (Å²) in [5.41, 5.74) is 0.842. The van der Waals surface area contributed by atoms with Gasteiger partial charge in [-0.15, -0.1) is 0 Å². The summed E-state index contributed by atoms with van der Waals surface area (Å²) in [5.74, 6) is 2.82. The van der Waals surface area contributed by atoms with Gasteiger partial charge in [0.05, 0.1) is 39.3 Å². The fraction of sp³-hybridized carbons (Fsp3) is 0.200. The Morgan fingerprint density at radius 2 is 0.608 bits per heavy atom. The number of hydrogen-bond acceptors (Lipinski definition) is 6.